The minimum atomic E-state index is 0. The zero-order chi connectivity index (χ0) is 10.8. The van der Waals surface area contributed by atoms with Crippen molar-refractivity contribution >= 4 is 32.9 Å². The third-order valence-electron chi connectivity index (χ3n) is 3.30. The Bertz CT molecular complexity index is 245. The number of amides is 1. The maximum atomic E-state index is 11.8. The van der Waals surface area contributed by atoms with Gasteiger partial charge in [-0.2, -0.15) is 27.0 Å². The monoisotopic (exact) mass is 278 g/mol. The molecule has 3 nitrogen and oxygen atoms in total. The predicted molar refractivity (Wildman–Crippen MR) is 81.3 cm³/mol. The Kier molecular flexibility index (Phi) is 7.60. The Labute approximate surface area is 118 Å². The average Bonchev–Trinajstić information content (AvgIpc) is 2.93. The van der Waals surface area contributed by atoms with Crippen molar-refractivity contribution in [1.29, 1.82) is 0 Å². The average molecular weight is 278 g/mol. The summed E-state index contributed by atoms with van der Waals surface area (Å²) >= 11 is 0. The summed E-state index contributed by atoms with van der Waals surface area (Å²) in [6.07, 6.45) is 4.85. The number of piperazine rings is 1. The van der Waals surface area contributed by atoms with Crippen LogP contribution in [0.3, 0.4) is 0 Å². The van der Waals surface area contributed by atoms with Gasteiger partial charge in [0.25, 0.3) is 0 Å². The van der Waals surface area contributed by atoms with Gasteiger partial charge in [-0.25, -0.2) is 0 Å². The topological polar surface area (TPSA) is 41.1 Å². The van der Waals surface area contributed by atoms with Gasteiger partial charge in [-0.1, -0.05) is 26.7 Å². The van der Waals surface area contributed by atoms with Gasteiger partial charge < -0.3 is 10.6 Å². The summed E-state index contributed by atoms with van der Waals surface area (Å²) < 4.78 is 0. The Morgan fingerprint density at radius 1 is 1.29 bits per heavy atom. The standard InChI is InChI=1S/C12H22N2O.2H2S/c1-8(2)5-11-12(15)14-10(7-13-11)6-9-3-4-9;;/h8-11,13H,3-7H2,1-2H3,(H,14,15);2*1H2/t10-,11-;;/m0../s1. The fraction of sp³-hybridized carbons (Fsp3) is 0.917. The lowest BCUT2D eigenvalue weighted by Crippen LogP contribution is -2.58. The van der Waals surface area contributed by atoms with Crippen LogP contribution in [0.5, 0.6) is 0 Å². The second-order valence-electron chi connectivity index (χ2n) is 5.47. The van der Waals surface area contributed by atoms with Gasteiger partial charge in [0.15, 0.2) is 0 Å². The molecular weight excluding hydrogens is 252 g/mol. The van der Waals surface area contributed by atoms with Crippen LogP contribution >= 0.6 is 27.0 Å². The summed E-state index contributed by atoms with van der Waals surface area (Å²) in [6, 6.07) is 0.425. The molecule has 102 valence electrons. The summed E-state index contributed by atoms with van der Waals surface area (Å²) in [4.78, 5) is 11.8. The lowest BCUT2D eigenvalue weighted by molar-refractivity contribution is -0.125. The molecule has 1 aliphatic carbocycles. The molecule has 1 heterocycles. The molecule has 0 radical (unpaired) electrons. The highest BCUT2D eigenvalue weighted by Crippen LogP contribution is 2.33. The molecule has 1 amide bonds. The molecule has 1 saturated heterocycles. The molecule has 2 fully saturated rings. The molecule has 2 aliphatic rings. The zero-order valence-electron chi connectivity index (χ0n) is 10.8. The number of carbonyl (C=O) groups excluding carboxylic acids is 1. The first-order valence-corrected chi connectivity index (χ1v) is 6.19. The Morgan fingerprint density at radius 2 is 1.94 bits per heavy atom. The Morgan fingerprint density at radius 3 is 2.41 bits per heavy atom. The number of hydrogen-bond acceptors (Lipinski definition) is 2. The highest BCUT2D eigenvalue weighted by atomic mass is 32.1. The first-order chi connectivity index (χ1) is 7.15. The molecule has 0 spiro atoms. The van der Waals surface area contributed by atoms with Crippen LogP contribution in [0.2, 0.25) is 0 Å². The minimum absolute atomic E-state index is 0. The quantitative estimate of drug-likeness (QED) is 0.818. The van der Waals surface area contributed by atoms with Crippen LogP contribution in [0, 0.1) is 11.8 Å². The molecule has 2 atom stereocenters. The molecule has 0 aromatic rings. The van der Waals surface area contributed by atoms with E-state index in [1.807, 2.05) is 0 Å². The molecule has 5 heteroatoms. The van der Waals surface area contributed by atoms with Crippen molar-refractivity contribution in [3.05, 3.63) is 0 Å². The van der Waals surface area contributed by atoms with Gasteiger partial charge in [0.05, 0.1) is 6.04 Å². The molecule has 2 rings (SSSR count). The van der Waals surface area contributed by atoms with E-state index in [2.05, 4.69) is 24.5 Å². The fourth-order valence-corrected chi connectivity index (χ4v) is 2.29. The molecule has 17 heavy (non-hydrogen) atoms. The van der Waals surface area contributed by atoms with E-state index in [4.69, 9.17) is 0 Å². The van der Waals surface area contributed by atoms with Gasteiger partial charge in [-0.3, -0.25) is 4.79 Å². The van der Waals surface area contributed by atoms with E-state index in [0.29, 0.717) is 12.0 Å². The Hall–Kier alpha value is 0.130. The van der Waals surface area contributed by atoms with Gasteiger partial charge in [-0.05, 0) is 24.7 Å². The van der Waals surface area contributed by atoms with Crippen molar-refractivity contribution in [1.82, 2.24) is 10.6 Å². The summed E-state index contributed by atoms with van der Waals surface area (Å²) in [5.41, 5.74) is 0. The fourth-order valence-electron chi connectivity index (χ4n) is 2.29. The maximum absolute atomic E-state index is 11.8. The predicted octanol–water partition coefficient (Wildman–Crippen LogP) is 1.51. The van der Waals surface area contributed by atoms with E-state index in [-0.39, 0.29) is 38.9 Å². The second kappa shape index (κ2) is 7.54. The number of nitrogens with one attached hydrogen (secondary N) is 2. The van der Waals surface area contributed by atoms with Crippen molar-refractivity contribution in [3.8, 4) is 0 Å². The van der Waals surface area contributed by atoms with E-state index in [1.54, 1.807) is 0 Å². The SMILES string of the molecule is CC(C)C[C@@H]1NC[C@H](CC2CC2)NC1=O.S.S. The van der Waals surface area contributed by atoms with Crippen molar-refractivity contribution < 1.29 is 4.79 Å². The summed E-state index contributed by atoms with van der Waals surface area (Å²) in [5, 5.41) is 6.51. The van der Waals surface area contributed by atoms with Crippen LogP contribution in [0.25, 0.3) is 0 Å². The van der Waals surface area contributed by atoms with Gasteiger partial charge in [0.2, 0.25) is 5.91 Å². The number of rotatable bonds is 4. The van der Waals surface area contributed by atoms with Crippen LogP contribution < -0.4 is 10.6 Å². The molecule has 0 aromatic heterocycles. The van der Waals surface area contributed by atoms with Crippen LogP contribution in [-0.4, -0.2) is 24.5 Å². The first-order valence-electron chi connectivity index (χ1n) is 6.19. The van der Waals surface area contributed by atoms with Crippen molar-refractivity contribution in [2.75, 3.05) is 6.54 Å². The molecule has 2 N–H and O–H groups in total. The summed E-state index contributed by atoms with van der Waals surface area (Å²) in [7, 11) is 0. The highest BCUT2D eigenvalue weighted by Gasteiger charge is 2.31. The molecular formula is C12H26N2OS2. The normalized spacial score (nSPS) is 28.1. The third-order valence-corrected chi connectivity index (χ3v) is 3.30. The summed E-state index contributed by atoms with van der Waals surface area (Å²) in [6.45, 7) is 5.27. The van der Waals surface area contributed by atoms with E-state index in [9.17, 15) is 4.79 Å². The lowest BCUT2D eigenvalue weighted by Gasteiger charge is -2.31. The van der Waals surface area contributed by atoms with Crippen LogP contribution in [0.15, 0.2) is 0 Å². The van der Waals surface area contributed by atoms with Gasteiger partial charge in [0.1, 0.15) is 0 Å². The molecule has 1 saturated carbocycles. The van der Waals surface area contributed by atoms with Crippen molar-refractivity contribution in [2.45, 2.75) is 51.6 Å². The largest absolute Gasteiger partial charge is 0.351 e. The minimum Gasteiger partial charge on any atom is -0.351 e. The van der Waals surface area contributed by atoms with Gasteiger partial charge in [0, 0.05) is 12.6 Å². The van der Waals surface area contributed by atoms with Crippen LogP contribution in [-0.2, 0) is 4.79 Å². The van der Waals surface area contributed by atoms with E-state index in [1.165, 1.54) is 19.3 Å². The van der Waals surface area contributed by atoms with Crippen molar-refractivity contribution in [2.24, 2.45) is 11.8 Å². The second-order valence-corrected chi connectivity index (χ2v) is 5.47. The molecule has 0 bridgehead atoms. The first kappa shape index (κ1) is 17.1. The lowest BCUT2D eigenvalue weighted by atomic mass is 9.99. The van der Waals surface area contributed by atoms with E-state index >= 15 is 0 Å². The number of hydrogen-bond donors (Lipinski definition) is 2. The van der Waals surface area contributed by atoms with E-state index < -0.39 is 0 Å². The molecule has 1 aliphatic heterocycles. The number of carbonyl (C=O) groups is 1. The summed E-state index contributed by atoms with van der Waals surface area (Å²) in [5.74, 6) is 1.67. The van der Waals surface area contributed by atoms with Crippen LogP contribution in [0.4, 0.5) is 0 Å². The van der Waals surface area contributed by atoms with Crippen molar-refractivity contribution in [3.63, 3.8) is 0 Å². The third kappa shape index (κ3) is 5.53. The van der Waals surface area contributed by atoms with Crippen LogP contribution in [0.1, 0.15) is 39.5 Å². The highest BCUT2D eigenvalue weighted by molar-refractivity contribution is 7.59. The maximum Gasteiger partial charge on any atom is 0.237 e. The molecule has 0 unspecified atom stereocenters. The smallest absolute Gasteiger partial charge is 0.237 e. The molecule has 0 aromatic carbocycles. The van der Waals surface area contributed by atoms with Gasteiger partial charge in [-0.15, -0.1) is 0 Å². The van der Waals surface area contributed by atoms with Gasteiger partial charge >= 0.3 is 0 Å². The van der Waals surface area contributed by atoms with E-state index in [0.717, 1.165) is 18.9 Å². The Balaban J connectivity index is 0.00000128. The zero-order valence-corrected chi connectivity index (χ0v) is 12.8.